The zero-order chi connectivity index (χ0) is 14.6. The summed E-state index contributed by atoms with van der Waals surface area (Å²) >= 11 is 0. The Morgan fingerprint density at radius 2 is 2.30 bits per heavy atom. The van der Waals surface area contributed by atoms with E-state index in [1.165, 1.54) is 20.0 Å². The van der Waals surface area contributed by atoms with E-state index in [0.717, 1.165) is 31.5 Å². The molecule has 1 aromatic heterocycles. The Bertz CT molecular complexity index is 454. The van der Waals surface area contributed by atoms with Crippen molar-refractivity contribution in [1.29, 1.82) is 0 Å². The number of ether oxygens (including phenoxy) is 1. The van der Waals surface area contributed by atoms with E-state index < -0.39 is 5.54 Å². The molecule has 0 aliphatic heterocycles. The molecule has 1 unspecified atom stereocenters. The molecule has 0 saturated heterocycles. The van der Waals surface area contributed by atoms with Gasteiger partial charge in [-0.3, -0.25) is 14.8 Å². The summed E-state index contributed by atoms with van der Waals surface area (Å²) in [5.41, 5.74) is 0.496. The van der Waals surface area contributed by atoms with E-state index in [2.05, 4.69) is 10.4 Å². The summed E-state index contributed by atoms with van der Waals surface area (Å²) in [6.45, 7) is 4.84. The fourth-order valence-corrected chi connectivity index (χ4v) is 2.48. The number of nitrogens with one attached hydrogen (secondary N) is 1. The number of carbonyl (C=O) groups excluding carboxylic acids is 1. The van der Waals surface area contributed by atoms with Crippen LogP contribution in [0.5, 0.6) is 0 Å². The number of rotatable bonds is 8. The Morgan fingerprint density at radius 3 is 2.85 bits per heavy atom. The lowest BCUT2D eigenvalue weighted by atomic mass is 9.94. The van der Waals surface area contributed by atoms with Gasteiger partial charge in [-0.1, -0.05) is 0 Å². The van der Waals surface area contributed by atoms with E-state index in [1.54, 1.807) is 0 Å². The molecule has 0 aromatic carbocycles. The Hall–Kier alpha value is -1.36. The van der Waals surface area contributed by atoms with Gasteiger partial charge in [-0.2, -0.15) is 5.10 Å². The fraction of sp³-hybridized carbons (Fsp3) is 0.733. The smallest absolute Gasteiger partial charge is 0.325 e. The first-order chi connectivity index (χ1) is 9.53. The van der Waals surface area contributed by atoms with E-state index in [-0.39, 0.29) is 5.97 Å². The summed E-state index contributed by atoms with van der Waals surface area (Å²) < 4.78 is 6.90. The summed E-state index contributed by atoms with van der Waals surface area (Å²) in [7, 11) is 1.46. The van der Waals surface area contributed by atoms with Gasteiger partial charge in [0.2, 0.25) is 0 Å². The molecular weight excluding hydrogens is 254 g/mol. The first kappa shape index (κ1) is 15.0. The predicted molar refractivity (Wildman–Crippen MR) is 77.4 cm³/mol. The van der Waals surface area contributed by atoms with E-state index in [4.69, 9.17) is 4.74 Å². The number of aromatic nitrogens is 2. The lowest BCUT2D eigenvalue weighted by molar-refractivity contribution is -0.148. The Labute approximate surface area is 120 Å². The van der Waals surface area contributed by atoms with Gasteiger partial charge in [0.1, 0.15) is 5.54 Å². The molecule has 20 heavy (non-hydrogen) atoms. The molecule has 0 radical (unpaired) electrons. The highest BCUT2D eigenvalue weighted by Crippen LogP contribution is 2.26. The second-order valence-corrected chi connectivity index (χ2v) is 5.92. The molecule has 1 fully saturated rings. The Balaban J connectivity index is 1.77. The molecule has 5 nitrogen and oxygen atoms in total. The molecule has 0 amide bonds. The predicted octanol–water partition coefficient (Wildman–Crippen LogP) is 2.05. The molecule has 1 N–H and O–H groups in total. The standard InChI is InChI=1S/C15H25N3O2/c1-12-8-11-18(17-12)10-5-4-9-15(2,14(19)20-3)16-13-6-7-13/h8,11,13,16H,4-7,9-10H2,1-3H3. The van der Waals surface area contributed by atoms with Gasteiger partial charge in [0.05, 0.1) is 12.8 Å². The van der Waals surface area contributed by atoms with Crippen LogP contribution in [-0.4, -0.2) is 34.4 Å². The maximum absolute atomic E-state index is 12.0. The number of methoxy groups -OCH3 is 1. The number of esters is 1. The second-order valence-electron chi connectivity index (χ2n) is 5.92. The van der Waals surface area contributed by atoms with Crippen molar-refractivity contribution in [3.63, 3.8) is 0 Å². The lowest BCUT2D eigenvalue weighted by Crippen LogP contribution is -2.51. The van der Waals surface area contributed by atoms with Crippen molar-refractivity contribution in [2.75, 3.05) is 7.11 Å². The summed E-state index contributed by atoms with van der Waals surface area (Å²) in [5, 5.41) is 7.79. The minimum absolute atomic E-state index is 0.153. The van der Waals surface area contributed by atoms with E-state index in [9.17, 15) is 4.79 Å². The largest absolute Gasteiger partial charge is 0.468 e. The minimum Gasteiger partial charge on any atom is -0.468 e. The van der Waals surface area contributed by atoms with E-state index in [1.807, 2.05) is 30.8 Å². The van der Waals surface area contributed by atoms with Crippen LogP contribution in [0.2, 0.25) is 0 Å². The third-order valence-electron chi connectivity index (χ3n) is 3.82. The third-order valence-corrected chi connectivity index (χ3v) is 3.82. The minimum atomic E-state index is -0.546. The van der Waals surface area contributed by atoms with E-state index >= 15 is 0 Å². The van der Waals surface area contributed by atoms with Gasteiger partial charge in [0, 0.05) is 18.8 Å². The van der Waals surface area contributed by atoms with Crippen molar-refractivity contribution in [1.82, 2.24) is 15.1 Å². The van der Waals surface area contributed by atoms with Crippen LogP contribution >= 0.6 is 0 Å². The number of nitrogens with zero attached hydrogens (tertiary/aromatic N) is 2. The molecule has 0 spiro atoms. The fourth-order valence-electron chi connectivity index (χ4n) is 2.48. The number of hydrogen-bond donors (Lipinski definition) is 1. The molecule has 5 heteroatoms. The van der Waals surface area contributed by atoms with Crippen molar-refractivity contribution in [3.8, 4) is 0 Å². The summed E-state index contributed by atoms with van der Waals surface area (Å²) in [6.07, 6.45) is 7.12. The number of hydrogen-bond acceptors (Lipinski definition) is 4. The molecule has 1 heterocycles. The average molecular weight is 279 g/mol. The van der Waals surface area contributed by atoms with Crippen molar-refractivity contribution in [2.45, 2.75) is 64.1 Å². The zero-order valence-corrected chi connectivity index (χ0v) is 12.7. The van der Waals surface area contributed by atoms with Crippen LogP contribution in [0.4, 0.5) is 0 Å². The average Bonchev–Trinajstić information content (AvgIpc) is 3.14. The normalized spacial score (nSPS) is 17.8. The van der Waals surface area contributed by atoms with Crippen molar-refractivity contribution >= 4 is 5.97 Å². The monoisotopic (exact) mass is 279 g/mol. The van der Waals surface area contributed by atoms with Gasteiger partial charge in [-0.15, -0.1) is 0 Å². The molecule has 1 saturated carbocycles. The molecular formula is C15H25N3O2. The van der Waals surface area contributed by atoms with Crippen molar-refractivity contribution < 1.29 is 9.53 Å². The van der Waals surface area contributed by atoms with Crippen molar-refractivity contribution in [3.05, 3.63) is 18.0 Å². The topological polar surface area (TPSA) is 56.2 Å². The van der Waals surface area contributed by atoms with Crippen LogP contribution in [-0.2, 0) is 16.1 Å². The van der Waals surface area contributed by atoms with Gasteiger partial charge in [-0.05, 0) is 52.0 Å². The second kappa shape index (κ2) is 6.39. The highest BCUT2D eigenvalue weighted by atomic mass is 16.5. The summed E-state index contributed by atoms with van der Waals surface area (Å²) in [5.74, 6) is -0.153. The highest BCUT2D eigenvalue weighted by molar-refractivity contribution is 5.80. The molecule has 2 rings (SSSR count). The summed E-state index contributed by atoms with van der Waals surface area (Å²) in [6, 6.07) is 2.50. The zero-order valence-electron chi connectivity index (χ0n) is 12.7. The number of unbranched alkanes of at least 4 members (excludes halogenated alkanes) is 1. The number of aryl methyl sites for hydroxylation is 2. The molecule has 112 valence electrons. The molecule has 1 atom stereocenters. The van der Waals surface area contributed by atoms with Crippen LogP contribution in [0.3, 0.4) is 0 Å². The van der Waals surface area contributed by atoms with Crippen LogP contribution < -0.4 is 5.32 Å². The van der Waals surface area contributed by atoms with Crippen LogP contribution in [0, 0.1) is 6.92 Å². The SMILES string of the molecule is COC(=O)C(C)(CCCCn1ccc(C)n1)NC1CC1. The highest BCUT2D eigenvalue weighted by Gasteiger charge is 2.38. The van der Waals surface area contributed by atoms with Crippen molar-refractivity contribution in [2.24, 2.45) is 0 Å². The maximum Gasteiger partial charge on any atom is 0.325 e. The molecule has 0 bridgehead atoms. The third kappa shape index (κ3) is 4.07. The van der Waals surface area contributed by atoms with Gasteiger partial charge in [0.25, 0.3) is 0 Å². The van der Waals surface area contributed by atoms with Gasteiger partial charge < -0.3 is 4.74 Å². The van der Waals surface area contributed by atoms with Gasteiger partial charge >= 0.3 is 5.97 Å². The lowest BCUT2D eigenvalue weighted by Gasteiger charge is -2.28. The summed E-state index contributed by atoms with van der Waals surface area (Å²) in [4.78, 5) is 12.0. The Kier molecular flexibility index (Phi) is 4.81. The van der Waals surface area contributed by atoms with Crippen LogP contribution in [0.25, 0.3) is 0 Å². The first-order valence-electron chi connectivity index (χ1n) is 7.40. The molecule has 1 aromatic rings. The Morgan fingerprint density at radius 1 is 1.55 bits per heavy atom. The van der Waals surface area contributed by atoms with E-state index in [0.29, 0.717) is 6.04 Å². The molecule has 1 aliphatic rings. The van der Waals surface area contributed by atoms with Gasteiger partial charge in [0.15, 0.2) is 0 Å². The van der Waals surface area contributed by atoms with Gasteiger partial charge in [-0.25, -0.2) is 0 Å². The quantitative estimate of drug-likeness (QED) is 0.584. The van der Waals surface area contributed by atoms with Crippen LogP contribution in [0.1, 0.15) is 44.7 Å². The molecule has 1 aliphatic carbocycles. The maximum atomic E-state index is 12.0. The first-order valence-corrected chi connectivity index (χ1v) is 7.40. The van der Waals surface area contributed by atoms with Crippen LogP contribution in [0.15, 0.2) is 12.3 Å². The number of carbonyl (C=O) groups is 1.